The molecule has 0 atom stereocenters. The van der Waals surface area contributed by atoms with E-state index in [-0.39, 0.29) is 5.91 Å². The van der Waals surface area contributed by atoms with Crippen LogP contribution in [0.3, 0.4) is 0 Å². The number of piperazine rings is 1. The number of anilines is 2. The normalized spacial score (nSPS) is 14.7. The highest BCUT2D eigenvalue weighted by Crippen LogP contribution is 2.29. The number of carbonyl (C=O) groups is 1. The lowest BCUT2D eigenvalue weighted by Crippen LogP contribution is -2.45. The van der Waals surface area contributed by atoms with Crippen LogP contribution >= 0.6 is 0 Å². The SMILES string of the molecule is COc1ccc(NC(=O)c2cc(C)nc(N3CCN(C)CC3)n2)cc1OC. The van der Waals surface area contributed by atoms with Crippen LogP contribution in [0.5, 0.6) is 11.5 Å². The summed E-state index contributed by atoms with van der Waals surface area (Å²) in [5, 5.41) is 2.86. The van der Waals surface area contributed by atoms with Crippen molar-refractivity contribution in [2.45, 2.75) is 6.92 Å². The van der Waals surface area contributed by atoms with Crippen molar-refractivity contribution in [2.24, 2.45) is 0 Å². The Hall–Kier alpha value is -2.87. The number of rotatable bonds is 5. The van der Waals surface area contributed by atoms with Gasteiger partial charge in [0.15, 0.2) is 11.5 Å². The summed E-state index contributed by atoms with van der Waals surface area (Å²) in [7, 11) is 5.22. The molecule has 144 valence electrons. The molecule has 1 fully saturated rings. The van der Waals surface area contributed by atoms with Gasteiger partial charge in [-0.1, -0.05) is 0 Å². The Morgan fingerprint density at radius 3 is 2.41 bits per heavy atom. The van der Waals surface area contributed by atoms with E-state index in [1.165, 1.54) is 0 Å². The lowest BCUT2D eigenvalue weighted by atomic mass is 10.2. The molecule has 1 aliphatic heterocycles. The van der Waals surface area contributed by atoms with Crippen LogP contribution in [0.1, 0.15) is 16.2 Å². The molecule has 0 bridgehead atoms. The van der Waals surface area contributed by atoms with Crippen LogP contribution in [-0.4, -0.2) is 68.2 Å². The monoisotopic (exact) mass is 371 g/mol. The lowest BCUT2D eigenvalue weighted by molar-refractivity contribution is 0.102. The first kappa shape index (κ1) is 18.9. The molecule has 2 aromatic rings. The second-order valence-electron chi connectivity index (χ2n) is 6.51. The van der Waals surface area contributed by atoms with Crippen molar-refractivity contribution in [1.29, 1.82) is 0 Å². The second-order valence-corrected chi connectivity index (χ2v) is 6.51. The molecule has 0 radical (unpaired) electrons. The quantitative estimate of drug-likeness (QED) is 0.858. The number of benzene rings is 1. The van der Waals surface area contributed by atoms with Gasteiger partial charge in [-0.3, -0.25) is 4.79 Å². The third-order valence-corrected chi connectivity index (χ3v) is 4.50. The molecule has 8 heteroatoms. The van der Waals surface area contributed by atoms with Gasteiger partial charge in [0.2, 0.25) is 5.95 Å². The fourth-order valence-electron chi connectivity index (χ4n) is 2.93. The van der Waals surface area contributed by atoms with Gasteiger partial charge in [0.05, 0.1) is 14.2 Å². The molecule has 1 saturated heterocycles. The summed E-state index contributed by atoms with van der Waals surface area (Å²) in [6.45, 7) is 5.46. The summed E-state index contributed by atoms with van der Waals surface area (Å²) in [4.78, 5) is 26.1. The first-order valence-electron chi connectivity index (χ1n) is 8.82. The second kappa shape index (κ2) is 8.22. The van der Waals surface area contributed by atoms with Crippen molar-refractivity contribution < 1.29 is 14.3 Å². The summed E-state index contributed by atoms with van der Waals surface area (Å²) in [6, 6.07) is 6.91. The number of nitrogens with zero attached hydrogens (tertiary/aromatic N) is 4. The molecule has 1 aromatic heterocycles. The van der Waals surface area contributed by atoms with Crippen molar-refractivity contribution in [3.63, 3.8) is 0 Å². The number of aromatic nitrogens is 2. The van der Waals surface area contributed by atoms with E-state index in [4.69, 9.17) is 9.47 Å². The van der Waals surface area contributed by atoms with Crippen molar-refractivity contribution in [3.05, 3.63) is 35.7 Å². The molecule has 3 rings (SSSR count). The number of likely N-dealkylation sites (N-methyl/N-ethyl adjacent to an activating group) is 1. The molecule has 0 saturated carbocycles. The van der Waals surface area contributed by atoms with E-state index in [2.05, 4.69) is 32.1 Å². The first-order valence-corrected chi connectivity index (χ1v) is 8.82. The molecule has 0 spiro atoms. The minimum Gasteiger partial charge on any atom is -0.493 e. The van der Waals surface area contributed by atoms with Gasteiger partial charge in [0, 0.05) is 43.6 Å². The minimum atomic E-state index is -0.289. The Balaban J connectivity index is 1.78. The number of methoxy groups -OCH3 is 2. The smallest absolute Gasteiger partial charge is 0.274 e. The highest BCUT2D eigenvalue weighted by atomic mass is 16.5. The fraction of sp³-hybridized carbons (Fsp3) is 0.421. The Labute approximate surface area is 159 Å². The van der Waals surface area contributed by atoms with Gasteiger partial charge < -0.3 is 24.6 Å². The zero-order valence-corrected chi connectivity index (χ0v) is 16.2. The zero-order chi connectivity index (χ0) is 19.4. The van der Waals surface area contributed by atoms with Gasteiger partial charge in [-0.25, -0.2) is 9.97 Å². The van der Waals surface area contributed by atoms with Crippen LogP contribution in [-0.2, 0) is 0 Å². The standard InChI is InChI=1S/C19H25N5O3/c1-13-11-15(22-19(20-13)24-9-7-23(2)8-10-24)18(25)21-14-5-6-16(26-3)17(12-14)27-4/h5-6,11-12H,7-10H2,1-4H3,(H,21,25). The van der Waals surface area contributed by atoms with E-state index in [0.717, 1.165) is 31.9 Å². The minimum absolute atomic E-state index is 0.289. The predicted molar refractivity (Wildman–Crippen MR) is 104 cm³/mol. The van der Waals surface area contributed by atoms with Crippen molar-refractivity contribution in [1.82, 2.24) is 14.9 Å². The summed E-state index contributed by atoms with van der Waals surface area (Å²) in [5.74, 6) is 1.46. The molecule has 1 aromatic carbocycles. The van der Waals surface area contributed by atoms with Gasteiger partial charge in [0.1, 0.15) is 5.69 Å². The van der Waals surface area contributed by atoms with Gasteiger partial charge in [-0.05, 0) is 32.2 Å². The van der Waals surface area contributed by atoms with E-state index in [0.29, 0.717) is 28.8 Å². The number of ether oxygens (including phenoxy) is 2. The molecule has 1 aliphatic rings. The van der Waals surface area contributed by atoms with Crippen LogP contribution in [0.25, 0.3) is 0 Å². The summed E-state index contributed by atoms with van der Waals surface area (Å²) in [6.07, 6.45) is 0. The molecule has 0 aliphatic carbocycles. The summed E-state index contributed by atoms with van der Waals surface area (Å²) >= 11 is 0. The predicted octanol–water partition coefficient (Wildman–Crippen LogP) is 1.81. The fourth-order valence-corrected chi connectivity index (χ4v) is 2.93. The Morgan fingerprint density at radius 1 is 1.04 bits per heavy atom. The van der Waals surface area contributed by atoms with Crippen molar-refractivity contribution >= 4 is 17.5 Å². The zero-order valence-electron chi connectivity index (χ0n) is 16.2. The van der Waals surface area contributed by atoms with Crippen LogP contribution < -0.4 is 19.7 Å². The Morgan fingerprint density at radius 2 is 1.74 bits per heavy atom. The number of hydrogen-bond donors (Lipinski definition) is 1. The number of amides is 1. The Kier molecular flexibility index (Phi) is 5.75. The summed E-state index contributed by atoms with van der Waals surface area (Å²) < 4.78 is 10.5. The number of carbonyl (C=O) groups excluding carboxylic acids is 1. The van der Waals surface area contributed by atoms with E-state index in [1.807, 2.05) is 6.92 Å². The highest BCUT2D eigenvalue weighted by molar-refractivity contribution is 6.03. The molecule has 0 unspecified atom stereocenters. The van der Waals surface area contributed by atoms with E-state index in [1.54, 1.807) is 38.5 Å². The number of aryl methyl sites for hydroxylation is 1. The van der Waals surface area contributed by atoms with Gasteiger partial charge in [0.25, 0.3) is 5.91 Å². The third-order valence-electron chi connectivity index (χ3n) is 4.50. The van der Waals surface area contributed by atoms with Gasteiger partial charge >= 0.3 is 0 Å². The number of nitrogens with one attached hydrogen (secondary N) is 1. The van der Waals surface area contributed by atoms with Crippen LogP contribution in [0.4, 0.5) is 11.6 Å². The van der Waals surface area contributed by atoms with E-state index < -0.39 is 0 Å². The number of hydrogen-bond acceptors (Lipinski definition) is 7. The maximum atomic E-state index is 12.7. The molecule has 1 amide bonds. The van der Waals surface area contributed by atoms with Crippen LogP contribution in [0, 0.1) is 6.92 Å². The highest BCUT2D eigenvalue weighted by Gasteiger charge is 2.19. The van der Waals surface area contributed by atoms with Crippen LogP contribution in [0.15, 0.2) is 24.3 Å². The van der Waals surface area contributed by atoms with E-state index >= 15 is 0 Å². The topological polar surface area (TPSA) is 79.8 Å². The molecule has 8 nitrogen and oxygen atoms in total. The molecular weight excluding hydrogens is 346 g/mol. The van der Waals surface area contributed by atoms with Crippen LogP contribution in [0.2, 0.25) is 0 Å². The summed E-state index contributed by atoms with van der Waals surface area (Å²) in [5.41, 5.74) is 1.71. The van der Waals surface area contributed by atoms with Crippen molar-refractivity contribution in [2.75, 3.05) is 57.7 Å². The maximum absolute atomic E-state index is 12.7. The molecule has 1 N–H and O–H groups in total. The molecular formula is C19H25N5O3. The average molecular weight is 371 g/mol. The first-order chi connectivity index (χ1) is 13.0. The van der Waals surface area contributed by atoms with Crippen molar-refractivity contribution in [3.8, 4) is 11.5 Å². The largest absolute Gasteiger partial charge is 0.493 e. The Bertz CT molecular complexity index is 819. The third kappa shape index (κ3) is 4.46. The molecule has 2 heterocycles. The van der Waals surface area contributed by atoms with Gasteiger partial charge in [-0.2, -0.15) is 0 Å². The maximum Gasteiger partial charge on any atom is 0.274 e. The van der Waals surface area contributed by atoms with E-state index in [9.17, 15) is 4.79 Å². The van der Waals surface area contributed by atoms with Gasteiger partial charge in [-0.15, -0.1) is 0 Å². The lowest BCUT2D eigenvalue weighted by Gasteiger charge is -2.32. The average Bonchev–Trinajstić information content (AvgIpc) is 2.67. The molecule has 27 heavy (non-hydrogen) atoms.